The summed E-state index contributed by atoms with van der Waals surface area (Å²) in [7, 11) is 1.86. The summed E-state index contributed by atoms with van der Waals surface area (Å²) >= 11 is 0. The van der Waals surface area contributed by atoms with Crippen molar-refractivity contribution in [3.8, 4) is 0 Å². The number of benzene rings is 1. The molecule has 0 unspecified atom stereocenters. The van der Waals surface area contributed by atoms with Gasteiger partial charge in [-0.05, 0) is 50.3 Å². The second kappa shape index (κ2) is 8.50. The molecule has 1 fully saturated rings. The van der Waals surface area contributed by atoms with E-state index in [9.17, 15) is 9.59 Å². The minimum absolute atomic E-state index is 0.0204. The van der Waals surface area contributed by atoms with Gasteiger partial charge in [0.05, 0.1) is 18.3 Å². The number of piperidine rings is 1. The Kier molecular flexibility index (Phi) is 5.52. The molecule has 0 bridgehead atoms. The molecule has 0 saturated carbocycles. The van der Waals surface area contributed by atoms with Crippen LogP contribution in [0.3, 0.4) is 0 Å². The number of aryl methyl sites for hydroxylation is 1. The highest BCUT2D eigenvalue weighted by atomic mass is 16.2. The Morgan fingerprint density at radius 1 is 1.18 bits per heavy atom. The third-order valence-electron chi connectivity index (χ3n) is 6.94. The molecule has 2 aliphatic rings. The maximum absolute atomic E-state index is 13.6. The number of aromatic nitrogens is 3. The molecular weight excluding hydrogens is 416 g/mol. The molecule has 3 aromatic rings. The zero-order chi connectivity index (χ0) is 23.1. The predicted molar refractivity (Wildman–Crippen MR) is 127 cm³/mol. The van der Waals surface area contributed by atoms with Gasteiger partial charge in [0.25, 0.3) is 5.91 Å². The standard InChI is InChI=1S/C25H30N6O2/c1-15-7-6-8-19-18(15)13-20(27-19)25(33)31-11-5-4-9-22(31)24-28-21-14-30(16(2)32)12-10-17(21)23(26-3)29-24/h6-8,13,22,27H,4-5,9-12,14H2,1-3H3,(H,26,28,29)/t22-/m0/s1. The number of carbonyl (C=O) groups is 2. The topological polar surface area (TPSA) is 94.2 Å². The third kappa shape index (κ3) is 3.83. The molecule has 0 aliphatic carbocycles. The highest BCUT2D eigenvalue weighted by Crippen LogP contribution is 2.33. The van der Waals surface area contributed by atoms with Crippen LogP contribution in [0, 0.1) is 6.92 Å². The number of carbonyl (C=O) groups excluding carboxylic acids is 2. The monoisotopic (exact) mass is 446 g/mol. The van der Waals surface area contributed by atoms with Crippen LogP contribution in [0.1, 0.15) is 65.4 Å². The summed E-state index contributed by atoms with van der Waals surface area (Å²) in [6.45, 7) is 5.48. The molecule has 2 N–H and O–H groups in total. The van der Waals surface area contributed by atoms with Crippen molar-refractivity contribution in [2.45, 2.75) is 52.1 Å². The van der Waals surface area contributed by atoms with Gasteiger partial charge in [0, 0.05) is 43.5 Å². The molecule has 0 spiro atoms. The third-order valence-corrected chi connectivity index (χ3v) is 6.94. The van der Waals surface area contributed by atoms with Gasteiger partial charge in [0.2, 0.25) is 5.91 Å². The minimum atomic E-state index is -0.191. The van der Waals surface area contributed by atoms with E-state index in [2.05, 4.69) is 23.3 Å². The number of fused-ring (bicyclic) bond motifs is 2. The Labute approximate surface area is 193 Å². The highest BCUT2D eigenvalue weighted by molar-refractivity contribution is 5.99. The van der Waals surface area contributed by atoms with Crippen LogP contribution in [0.2, 0.25) is 0 Å². The fourth-order valence-electron chi connectivity index (χ4n) is 5.09. The Hall–Kier alpha value is -3.42. The summed E-state index contributed by atoms with van der Waals surface area (Å²) in [5, 5.41) is 4.28. The number of hydrogen-bond donors (Lipinski definition) is 2. The van der Waals surface area contributed by atoms with E-state index in [-0.39, 0.29) is 17.9 Å². The fourth-order valence-corrected chi connectivity index (χ4v) is 5.09. The Balaban J connectivity index is 1.50. The summed E-state index contributed by atoms with van der Waals surface area (Å²) in [5.74, 6) is 1.49. The first-order chi connectivity index (χ1) is 16.0. The van der Waals surface area contributed by atoms with Gasteiger partial charge in [-0.1, -0.05) is 12.1 Å². The molecule has 2 amide bonds. The Morgan fingerprint density at radius 2 is 2.03 bits per heavy atom. The molecule has 8 heteroatoms. The Bertz CT molecular complexity index is 1230. The summed E-state index contributed by atoms with van der Waals surface area (Å²) in [5.41, 5.74) is 4.66. The van der Waals surface area contributed by atoms with Crippen molar-refractivity contribution in [2.75, 3.05) is 25.5 Å². The zero-order valence-electron chi connectivity index (χ0n) is 19.4. The van der Waals surface area contributed by atoms with E-state index >= 15 is 0 Å². The van der Waals surface area contributed by atoms with Gasteiger partial charge in [-0.3, -0.25) is 9.59 Å². The van der Waals surface area contributed by atoms with Crippen LogP contribution in [0.5, 0.6) is 0 Å². The molecule has 8 nitrogen and oxygen atoms in total. The van der Waals surface area contributed by atoms with Crippen molar-refractivity contribution in [2.24, 2.45) is 0 Å². The van der Waals surface area contributed by atoms with Crippen LogP contribution >= 0.6 is 0 Å². The second-order valence-electron chi connectivity index (χ2n) is 9.03. The fraction of sp³-hybridized carbons (Fsp3) is 0.440. The first-order valence-electron chi connectivity index (χ1n) is 11.7. The normalized spacial score (nSPS) is 18.3. The van der Waals surface area contributed by atoms with Crippen molar-refractivity contribution >= 4 is 28.5 Å². The van der Waals surface area contributed by atoms with E-state index in [4.69, 9.17) is 9.97 Å². The van der Waals surface area contributed by atoms with Crippen LogP contribution in [-0.2, 0) is 17.8 Å². The number of likely N-dealkylation sites (tertiary alicyclic amines) is 1. The number of aromatic amines is 1. The lowest BCUT2D eigenvalue weighted by molar-refractivity contribution is -0.129. The highest BCUT2D eigenvalue weighted by Gasteiger charge is 2.33. The molecule has 2 aliphatic heterocycles. The van der Waals surface area contributed by atoms with Gasteiger partial charge < -0.3 is 20.1 Å². The lowest BCUT2D eigenvalue weighted by Gasteiger charge is -2.36. The van der Waals surface area contributed by atoms with Crippen LogP contribution in [0.25, 0.3) is 10.9 Å². The first kappa shape index (κ1) is 21.4. The number of nitrogens with zero attached hydrogens (tertiary/aromatic N) is 4. The van der Waals surface area contributed by atoms with Crippen molar-refractivity contribution in [3.05, 3.63) is 52.6 Å². The maximum Gasteiger partial charge on any atom is 0.270 e. The van der Waals surface area contributed by atoms with Gasteiger partial charge in [-0.2, -0.15) is 0 Å². The van der Waals surface area contributed by atoms with Gasteiger partial charge >= 0.3 is 0 Å². The summed E-state index contributed by atoms with van der Waals surface area (Å²) in [6.07, 6.45) is 3.54. The van der Waals surface area contributed by atoms with Crippen LogP contribution in [0.4, 0.5) is 5.82 Å². The SMILES string of the molecule is CNc1nc([C@@H]2CCCCN2C(=O)c2cc3c(C)cccc3[nH]2)nc2c1CCN(C(C)=O)C2. The number of nitrogens with one attached hydrogen (secondary N) is 2. The minimum Gasteiger partial charge on any atom is -0.373 e. The number of rotatable bonds is 3. The lowest BCUT2D eigenvalue weighted by atomic mass is 9.99. The second-order valence-corrected chi connectivity index (χ2v) is 9.03. The van der Waals surface area contributed by atoms with Crippen molar-refractivity contribution < 1.29 is 9.59 Å². The molecule has 1 saturated heterocycles. The smallest absolute Gasteiger partial charge is 0.270 e. The largest absolute Gasteiger partial charge is 0.373 e. The van der Waals surface area contributed by atoms with Gasteiger partial charge in [-0.15, -0.1) is 0 Å². The molecule has 1 atom stereocenters. The van der Waals surface area contributed by atoms with Crippen molar-refractivity contribution in [1.29, 1.82) is 0 Å². The number of anilines is 1. The predicted octanol–water partition coefficient (Wildman–Crippen LogP) is 3.58. The zero-order valence-corrected chi connectivity index (χ0v) is 19.4. The van der Waals surface area contributed by atoms with Crippen LogP contribution < -0.4 is 5.32 Å². The molecule has 33 heavy (non-hydrogen) atoms. The van der Waals surface area contributed by atoms with E-state index in [0.29, 0.717) is 31.2 Å². The quantitative estimate of drug-likeness (QED) is 0.641. The van der Waals surface area contributed by atoms with Crippen molar-refractivity contribution in [1.82, 2.24) is 24.8 Å². The lowest BCUT2D eigenvalue weighted by Crippen LogP contribution is -2.40. The maximum atomic E-state index is 13.6. The first-order valence-corrected chi connectivity index (χ1v) is 11.7. The van der Waals surface area contributed by atoms with E-state index in [1.54, 1.807) is 6.92 Å². The molecular formula is C25H30N6O2. The van der Waals surface area contributed by atoms with Gasteiger partial charge in [0.15, 0.2) is 5.82 Å². The average molecular weight is 447 g/mol. The molecule has 172 valence electrons. The molecule has 2 aromatic heterocycles. The van der Waals surface area contributed by atoms with Gasteiger partial charge in [0.1, 0.15) is 11.5 Å². The molecule has 5 rings (SSSR count). The number of H-pyrrole nitrogens is 1. The summed E-state index contributed by atoms with van der Waals surface area (Å²) in [4.78, 5) is 42.4. The number of hydrogen-bond acceptors (Lipinski definition) is 5. The molecule has 1 aromatic carbocycles. The van der Waals surface area contributed by atoms with E-state index in [1.165, 1.54) is 0 Å². The molecule has 4 heterocycles. The average Bonchev–Trinajstić information content (AvgIpc) is 3.28. The summed E-state index contributed by atoms with van der Waals surface area (Å²) < 4.78 is 0. The van der Waals surface area contributed by atoms with E-state index in [1.807, 2.05) is 35.0 Å². The number of amides is 2. The van der Waals surface area contributed by atoms with E-state index in [0.717, 1.165) is 59.2 Å². The molecule has 0 radical (unpaired) electrons. The van der Waals surface area contributed by atoms with E-state index < -0.39 is 0 Å². The summed E-state index contributed by atoms with van der Waals surface area (Å²) in [6, 6.07) is 7.81. The van der Waals surface area contributed by atoms with Gasteiger partial charge in [-0.25, -0.2) is 9.97 Å². The van der Waals surface area contributed by atoms with Crippen LogP contribution in [0.15, 0.2) is 24.3 Å². The van der Waals surface area contributed by atoms with Crippen LogP contribution in [-0.4, -0.2) is 56.7 Å². The Morgan fingerprint density at radius 3 is 2.79 bits per heavy atom. The van der Waals surface area contributed by atoms with Crippen molar-refractivity contribution in [3.63, 3.8) is 0 Å².